The molecule has 1 unspecified atom stereocenters. The molecule has 0 aliphatic carbocycles. The largest absolute Gasteiger partial charge is 0.425 e. The van der Waals surface area contributed by atoms with Crippen molar-refractivity contribution in [2.45, 2.75) is 0 Å². The molecule has 0 fully saturated rings. The molecule has 148 valence electrons. The number of carbonyl (C=O) groups is 1. The average molecular weight is 508 g/mol. The Hall–Kier alpha value is 0.280. The number of halogens is 11. The van der Waals surface area contributed by atoms with Gasteiger partial charge in [-0.3, -0.25) is 4.79 Å². The fourth-order valence-corrected chi connectivity index (χ4v) is 10.7. The van der Waals surface area contributed by atoms with Crippen molar-refractivity contribution in [2.24, 2.45) is 27.1 Å². The molecule has 0 spiro atoms. The van der Waals surface area contributed by atoms with E-state index in [9.17, 15) is 51.0 Å². The molecule has 0 saturated carbocycles. The van der Waals surface area contributed by atoms with Gasteiger partial charge in [-0.1, -0.05) is 0 Å². The SMILES string of the molecule is O=CP1(F)=NP(F)(F)=NP(F)(F)=NP(F)(F)=NP(F)(F)=NP(F)(F)=N1. The van der Waals surface area contributed by atoms with Gasteiger partial charge in [-0.15, -0.1) is 69.1 Å². The van der Waals surface area contributed by atoms with Crippen molar-refractivity contribution in [1.29, 1.82) is 0 Å². The molecule has 0 amide bonds. The van der Waals surface area contributed by atoms with Crippen LogP contribution in [0.3, 0.4) is 0 Å². The first-order valence-corrected chi connectivity index (χ1v) is 13.8. The fraction of sp³-hybridized carbons (Fsp3) is 0. The van der Waals surface area contributed by atoms with Crippen LogP contribution in [0.25, 0.3) is 0 Å². The van der Waals surface area contributed by atoms with Gasteiger partial charge in [0.05, 0.1) is 0 Å². The average Bonchev–Trinajstić information content (AvgIpc) is 2.17. The second-order valence-corrected chi connectivity index (χ2v) is 13.7. The molecule has 1 aliphatic heterocycles. The summed E-state index contributed by atoms with van der Waals surface area (Å²) in [5, 5.41) is 0. The molecule has 0 aromatic carbocycles. The highest BCUT2D eigenvalue weighted by Crippen LogP contribution is 2.82. The van der Waals surface area contributed by atoms with Crippen LogP contribution in [0.15, 0.2) is 27.1 Å². The molecule has 0 aromatic heterocycles. The normalized spacial score (nSPS) is 32.4. The molecule has 1 atom stereocenters. The van der Waals surface area contributed by atoms with Crippen molar-refractivity contribution in [2.75, 3.05) is 0 Å². The number of hydrogen-bond donors (Lipinski definition) is 0. The molecule has 0 N–H and O–H groups in total. The molecule has 7 nitrogen and oxygen atoms in total. The van der Waals surface area contributed by atoms with Gasteiger partial charge in [0, 0.05) is 0 Å². The summed E-state index contributed by atoms with van der Waals surface area (Å²) in [5.41, 5.74) is 0. The van der Waals surface area contributed by atoms with Crippen LogP contribution in [0.2, 0.25) is 0 Å². The van der Waals surface area contributed by atoms with Crippen molar-refractivity contribution in [1.82, 2.24) is 0 Å². The standard InChI is InChI=1S/CHF11N6OP6/c2-20(1-19)13-21(3,4)15-23(7,8)17-25(11,12)18-24(9,10)16-22(5,6)14-20/h1H. The van der Waals surface area contributed by atoms with Crippen LogP contribution in [0.5, 0.6) is 0 Å². The zero-order valence-corrected chi connectivity index (χ0v) is 15.9. The molecule has 0 bridgehead atoms. The van der Waals surface area contributed by atoms with E-state index < -0.39 is 52.7 Å². The van der Waals surface area contributed by atoms with Crippen molar-refractivity contribution >= 4 is 52.7 Å². The first-order chi connectivity index (χ1) is 10.8. The molecule has 0 aromatic rings. The summed E-state index contributed by atoms with van der Waals surface area (Å²) in [6.07, 6.45) is 0. The van der Waals surface area contributed by atoms with Gasteiger partial charge < -0.3 is 0 Å². The molecule has 0 saturated heterocycles. The summed E-state index contributed by atoms with van der Waals surface area (Å²) >= 11 is 0. The van der Waals surface area contributed by atoms with Crippen LogP contribution in [-0.2, 0) is 4.79 Å². The molecule has 1 heterocycles. The van der Waals surface area contributed by atoms with E-state index in [4.69, 9.17) is 0 Å². The van der Waals surface area contributed by atoms with Crippen LogP contribution in [0, 0.1) is 0 Å². The third kappa shape index (κ3) is 7.81. The van der Waals surface area contributed by atoms with Gasteiger partial charge in [0.2, 0.25) is 6.03 Å². The predicted molar refractivity (Wildman–Crippen MR) is 75.0 cm³/mol. The van der Waals surface area contributed by atoms with Crippen LogP contribution in [0.4, 0.5) is 46.2 Å². The smallest absolute Gasteiger partial charge is 0.292 e. The summed E-state index contributed by atoms with van der Waals surface area (Å²) in [6, 6.07) is -1.32. The first kappa shape index (κ1) is 23.3. The van der Waals surface area contributed by atoms with Gasteiger partial charge in [-0.05, 0) is 0 Å². The van der Waals surface area contributed by atoms with Gasteiger partial charge in [-0.25, -0.2) is 0 Å². The van der Waals surface area contributed by atoms with Gasteiger partial charge in [0.1, 0.15) is 0 Å². The van der Waals surface area contributed by atoms with Crippen molar-refractivity contribution in [3.8, 4) is 0 Å². The van der Waals surface area contributed by atoms with E-state index in [1.807, 2.05) is 0 Å². The van der Waals surface area contributed by atoms with Crippen molar-refractivity contribution in [3.05, 3.63) is 0 Å². The summed E-state index contributed by atoms with van der Waals surface area (Å²) in [4.78, 5) is 10.4. The van der Waals surface area contributed by atoms with Gasteiger partial charge >= 0.3 is 46.6 Å². The number of hydrogen-bond acceptors (Lipinski definition) is 7. The maximum Gasteiger partial charge on any atom is 0.425 e. The zero-order chi connectivity index (χ0) is 19.9. The highest BCUT2D eigenvalue weighted by molar-refractivity contribution is 7.84. The monoisotopic (exact) mass is 508 g/mol. The second kappa shape index (κ2) is 7.02. The molecule has 25 heavy (non-hydrogen) atoms. The Balaban J connectivity index is 4.15. The van der Waals surface area contributed by atoms with E-state index >= 15 is 0 Å². The minimum absolute atomic E-state index is 1.12. The summed E-state index contributed by atoms with van der Waals surface area (Å²) in [5.74, 6) is 0. The Bertz CT molecular complexity index is 897. The molecule has 0 radical (unpaired) electrons. The maximum absolute atomic E-state index is 13.7. The van der Waals surface area contributed by atoms with E-state index in [-0.39, 0.29) is 0 Å². The Kier molecular flexibility index (Phi) is 6.55. The molecular formula is CHF11N6OP6. The highest BCUT2D eigenvalue weighted by Gasteiger charge is 2.39. The molecule has 24 heteroatoms. The number of rotatable bonds is 1. The minimum Gasteiger partial charge on any atom is -0.292 e. The van der Waals surface area contributed by atoms with Gasteiger partial charge in [0.15, 0.2) is 0 Å². The lowest BCUT2D eigenvalue weighted by atomic mass is 11.8. The van der Waals surface area contributed by atoms with Crippen LogP contribution in [0.1, 0.15) is 0 Å². The van der Waals surface area contributed by atoms with E-state index in [1.165, 1.54) is 18.1 Å². The lowest BCUT2D eigenvalue weighted by molar-refractivity contribution is 0.566. The molecular weight excluding hydrogens is 507 g/mol. The Morgan fingerprint density at radius 3 is 0.960 bits per heavy atom. The van der Waals surface area contributed by atoms with Crippen molar-refractivity contribution < 1.29 is 51.0 Å². The lowest BCUT2D eigenvalue weighted by Crippen LogP contribution is -1.72. The van der Waals surface area contributed by atoms with E-state index in [0.29, 0.717) is 0 Å². The topological polar surface area (TPSA) is 91.2 Å². The summed E-state index contributed by atoms with van der Waals surface area (Å²) < 4.78 is 152. The zero-order valence-electron chi connectivity index (χ0n) is 10.5. The van der Waals surface area contributed by atoms with E-state index in [2.05, 4.69) is 0 Å². The Morgan fingerprint density at radius 1 is 0.440 bits per heavy atom. The third-order valence-corrected chi connectivity index (χ3v) is 12.3. The van der Waals surface area contributed by atoms with E-state index in [1.54, 1.807) is 0 Å². The first-order valence-electron chi connectivity index (χ1n) is 4.75. The minimum atomic E-state index is -7.09. The van der Waals surface area contributed by atoms with Crippen LogP contribution in [-0.4, -0.2) is 6.03 Å². The van der Waals surface area contributed by atoms with Crippen molar-refractivity contribution in [3.63, 3.8) is 0 Å². The highest BCUT2D eigenvalue weighted by atomic mass is 31.3. The van der Waals surface area contributed by atoms with Gasteiger partial charge in [-0.2, -0.15) is 4.20 Å². The quantitative estimate of drug-likeness (QED) is 0.197. The van der Waals surface area contributed by atoms with Crippen LogP contribution < -0.4 is 0 Å². The summed E-state index contributed by atoms with van der Waals surface area (Å²) in [6.45, 7) is 0. The van der Waals surface area contributed by atoms with Gasteiger partial charge in [0.25, 0.3) is 0 Å². The molecule has 1 rings (SSSR count). The second-order valence-electron chi connectivity index (χ2n) is 3.49. The van der Waals surface area contributed by atoms with Crippen LogP contribution >= 0.6 is 46.6 Å². The maximum atomic E-state index is 13.7. The number of nitrogens with zero attached hydrogens (tertiary/aromatic N) is 6. The van der Waals surface area contributed by atoms with E-state index in [0.717, 1.165) is 9.03 Å². The lowest BCUT2D eigenvalue weighted by Gasteiger charge is -2.10. The number of carbonyl (C=O) groups excluding carboxylic acids is 1. The summed E-state index contributed by atoms with van der Waals surface area (Å²) in [7, 11) is -41.5. The Labute approximate surface area is 131 Å². The Morgan fingerprint density at radius 2 is 0.680 bits per heavy atom. The predicted octanol–water partition coefficient (Wildman–Crippen LogP) is 10.6. The third-order valence-electron chi connectivity index (χ3n) is 1.46. The molecule has 1 aliphatic rings. The fourth-order valence-electron chi connectivity index (χ4n) is 0.969.